The van der Waals surface area contributed by atoms with E-state index in [1.807, 2.05) is 0 Å². The van der Waals surface area contributed by atoms with Crippen molar-refractivity contribution in [2.45, 2.75) is 6.92 Å². The second-order valence-corrected chi connectivity index (χ2v) is 7.02. The number of H-pyrrole nitrogens is 1. The Balaban J connectivity index is 1.87. The van der Waals surface area contributed by atoms with E-state index >= 15 is 0 Å². The summed E-state index contributed by atoms with van der Waals surface area (Å²) in [6.45, 7) is 1.57. The first-order chi connectivity index (χ1) is 11.0. The number of halogens is 1. The molecule has 0 spiro atoms. The summed E-state index contributed by atoms with van der Waals surface area (Å²) in [4.78, 5) is 15.2. The lowest BCUT2D eigenvalue weighted by molar-refractivity contribution is 0.602. The molecule has 10 heteroatoms. The topological polar surface area (TPSA) is 113 Å². The highest BCUT2D eigenvalue weighted by Crippen LogP contribution is 2.22. The lowest BCUT2D eigenvalue weighted by Gasteiger charge is -2.09. The molecule has 0 aliphatic rings. The van der Waals surface area contributed by atoms with Crippen molar-refractivity contribution in [1.29, 1.82) is 0 Å². The summed E-state index contributed by atoms with van der Waals surface area (Å²) in [5, 5.41) is 3.22. The molecule has 0 aliphatic carbocycles. The summed E-state index contributed by atoms with van der Waals surface area (Å²) in [5.74, 6) is 0.268. The van der Waals surface area contributed by atoms with Gasteiger partial charge in [0, 0.05) is 5.69 Å². The molecule has 0 saturated carbocycles. The Bertz CT molecular complexity index is 956. The van der Waals surface area contributed by atoms with E-state index in [-0.39, 0.29) is 16.9 Å². The summed E-state index contributed by atoms with van der Waals surface area (Å²) in [6.07, 6.45) is 1.48. The molecule has 0 fully saturated rings. The molecule has 1 aromatic carbocycles. The van der Waals surface area contributed by atoms with Gasteiger partial charge in [0.2, 0.25) is 16.0 Å². The molecule has 0 unspecified atom stereocenters. The molecule has 0 radical (unpaired) electrons. The van der Waals surface area contributed by atoms with Gasteiger partial charge in [-0.1, -0.05) is 17.7 Å². The summed E-state index contributed by atoms with van der Waals surface area (Å²) >= 11 is 6.05. The van der Waals surface area contributed by atoms with Crippen molar-refractivity contribution >= 4 is 50.1 Å². The first kappa shape index (κ1) is 15.5. The molecule has 0 aliphatic heterocycles. The number of aromatic nitrogens is 4. The first-order valence-corrected chi connectivity index (χ1v) is 8.74. The maximum atomic E-state index is 11.6. The van der Waals surface area contributed by atoms with Gasteiger partial charge in [-0.15, -0.1) is 0 Å². The van der Waals surface area contributed by atoms with E-state index in [1.54, 1.807) is 31.2 Å². The zero-order chi connectivity index (χ0) is 16.4. The molecule has 0 saturated heterocycles. The fourth-order valence-corrected chi connectivity index (χ4v) is 2.74. The Morgan fingerprint density at radius 2 is 2.04 bits per heavy atom. The Kier molecular flexibility index (Phi) is 4.05. The van der Waals surface area contributed by atoms with Gasteiger partial charge in [-0.25, -0.2) is 13.4 Å². The van der Waals surface area contributed by atoms with E-state index < -0.39 is 10.0 Å². The number of imidazole rings is 1. The number of anilines is 3. The molecule has 8 nitrogen and oxygen atoms in total. The largest absolute Gasteiger partial charge is 0.341 e. The van der Waals surface area contributed by atoms with E-state index in [2.05, 4.69) is 30.0 Å². The zero-order valence-electron chi connectivity index (χ0n) is 12.0. The van der Waals surface area contributed by atoms with Crippen LogP contribution in [0.25, 0.3) is 11.2 Å². The average Bonchev–Trinajstić information content (AvgIpc) is 2.96. The fraction of sp³-hybridized carbons (Fsp3) is 0.154. The highest BCUT2D eigenvalue weighted by molar-refractivity contribution is 7.92. The lowest BCUT2D eigenvalue weighted by atomic mass is 10.3. The smallest absolute Gasteiger partial charge is 0.232 e. The molecule has 23 heavy (non-hydrogen) atoms. The molecule has 2 aromatic heterocycles. The SMILES string of the molecule is CCS(=O)(=O)Nc1cccc(Nc2nc(Cl)c3[nH]cnc3n2)c1. The van der Waals surface area contributed by atoms with Crippen molar-refractivity contribution in [2.24, 2.45) is 0 Å². The molecule has 0 amide bonds. The number of nitrogens with zero attached hydrogens (tertiary/aromatic N) is 3. The first-order valence-electron chi connectivity index (χ1n) is 6.71. The van der Waals surface area contributed by atoms with Crippen molar-refractivity contribution in [3.05, 3.63) is 35.7 Å². The van der Waals surface area contributed by atoms with E-state index in [1.165, 1.54) is 6.33 Å². The number of sulfonamides is 1. The van der Waals surface area contributed by atoms with Gasteiger partial charge >= 0.3 is 0 Å². The van der Waals surface area contributed by atoms with Gasteiger partial charge in [-0.05, 0) is 25.1 Å². The van der Waals surface area contributed by atoms with Gasteiger partial charge in [0.25, 0.3) is 0 Å². The Hall–Kier alpha value is -2.39. The Morgan fingerprint density at radius 1 is 1.26 bits per heavy atom. The fourth-order valence-electron chi connectivity index (χ4n) is 1.90. The van der Waals surface area contributed by atoms with E-state index in [9.17, 15) is 8.42 Å². The van der Waals surface area contributed by atoms with Crippen molar-refractivity contribution in [3.63, 3.8) is 0 Å². The van der Waals surface area contributed by atoms with Crippen LogP contribution in [0, 0.1) is 0 Å². The van der Waals surface area contributed by atoms with Gasteiger partial charge < -0.3 is 10.3 Å². The molecule has 3 N–H and O–H groups in total. The van der Waals surface area contributed by atoms with E-state index in [0.29, 0.717) is 22.5 Å². The normalized spacial score (nSPS) is 11.6. The minimum absolute atomic E-state index is 0.000792. The quantitative estimate of drug-likeness (QED) is 0.608. The van der Waals surface area contributed by atoms with Crippen LogP contribution >= 0.6 is 11.6 Å². The van der Waals surface area contributed by atoms with Gasteiger partial charge in [-0.3, -0.25) is 4.72 Å². The molecule has 120 valence electrons. The zero-order valence-corrected chi connectivity index (χ0v) is 13.6. The standard InChI is InChI=1S/C13H13ClN6O2S/c1-2-23(21,22)20-9-5-3-4-8(6-9)17-13-18-11(14)10-12(19-13)16-7-15-10/h3-7,20H,2H2,1H3,(H2,15,16,17,18,19). The van der Waals surface area contributed by atoms with Crippen molar-refractivity contribution in [2.75, 3.05) is 15.8 Å². The summed E-state index contributed by atoms with van der Waals surface area (Å²) in [7, 11) is -3.33. The number of fused-ring (bicyclic) bond motifs is 1. The predicted molar refractivity (Wildman–Crippen MR) is 89.5 cm³/mol. The molecule has 2 heterocycles. The van der Waals surface area contributed by atoms with Crippen molar-refractivity contribution in [1.82, 2.24) is 19.9 Å². The van der Waals surface area contributed by atoms with Crippen LogP contribution in [-0.4, -0.2) is 34.1 Å². The van der Waals surface area contributed by atoms with Crippen LogP contribution < -0.4 is 10.0 Å². The number of aromatic amines is 1. The highest BCUT2D eigenvalue weighted by atomic mass is 35.5. The number of rotatable bonds is 5. The summed E-state index contributed by atoms with van der Waals surface area (Å²) in [5.41, 5.74) is 2.06. The third-order valence-corrected chi connectivity index (χ3v) is 4.59. The molecule has 3 aromatic rings. The van der Waals surface area contributed by atoms with Crippen LogP contribution in [0.3, 0.4) is 0 Å². The third-order valence-electron chi connectivity index (χ3n) is 3.01. The minimum Gasteiger partial charge on any atom is -0.341 e. The third kappa shape index (κ3) is 3.51. The van der Waals surface area contributed by atoms with Crippen molar-refractivity contribution in [3.8, 4) is 0 Å². The average molecular weight is 353 g/mol. The van der Waals surface area contributed by atoms with Crippen molar-refractivity contribution < 1.29 is 8.42 Å². The Labute approximate surface area is 137 Å². The maximum absolute atomic E-state index is 11.6. The second-order valence-electron chi connectivity index (χ2n) is 4.65. The van der Waals surface area contributed by atoms with Gasteiger partial charge in [0.05, 0.1) is 17.8 Å². The number of nitrogens with one attached hydrogen (secondary N) is 3. The number of benzene rings is 1. The number of hydrogen-bond acceptors (Lipinski definition) is 6. The Morgan fingerprint density at radius 3 is 2.83 bits per heavy atom. The van der Waals surface area contributed by atoms with Crippen LogP contribution in [0.1, 0.15) is 6.92 Å². The lowest BCUT2D eigenvalue weighted by Crippen LogP contribution is -2.14. The summed E-state index contributed by atoms with van der Waals surface area (Å²) < 4.78 is 25.7. The predicted octanol–water partition coefficient (Wildman–Crippen LogP) is 2.51. The van der Waals surface area contributed by atoms with Gasteiger partial charge in [-0.2, -0.15) is 9.97 Å². The monoisotopic (exact) mass is 352 g/mol. The molecule has 3 rings (SSSR count). The van der Waals surface area contributed by atoms with E-state index in [0.717, 1.165) is 0 Å². The van der Waals surface area contributed by atoms with Crippen LogP contribution in [0.5, 0.6) is 0 Å². The summed E-state index contributed by atoms with van der Waals surface area (Å²) in [6, 6.07) is 6.77. The van der Waals surface area contributed by atoms with E-state index in [4.69, 9.17) is 11.6 Å². The van der Waals surface area contributed by atoms with Crippen LogP contribution in [0.4, 0.5) is 17.3 Å². The maximum Gasteiger partial charge on any atom is 0.232 e. The van der Waals surface area contributed by atoms with Gasteiger partial charge in [0.15, 0.2) is 10.8 Å². The molecular formula is C13H13ClN6O2S. The molecule has 0 bridgehead atoms. The number of hydrogen-bond donors (Lipinski definition) is 3. The highest BCUT2D eigenvalue weighted by Gasteiger charge is 2.10. The van der Waals surface area contributed by atoms with Gasteiger partial charge in [0.1, 0.15) is 5.52 Å². The molecular weight excluding hydrogens is 340 g/mol. The van der Waals surface area contributed by atoms with Crippen LogP contribution in [0.15, 0.2) is 30.6 Å². The van der Waals surface area contributed by atoms with Crippen LogP contribution in [-0.2, 0) is 10.0 Å². The molecule has 0 atom stereocenters. The minimum atomic E-state index is -3.33. The second kappa shape index (κ2) is 6.01. The van der Waals surface area contributed by atoms with Crippen LogP contribution in [0.2, 0.25) is 5.15 Å².